The molecule has 1 aliphatic heterocycles. The normalized spacial score (nSPS) is 20.2. The number of esters is 1. The van der Waals surface area contributed by atoms with Gasteiger partial charge in [-0.15, -0.1) is 0 Å². The number of rotatable bonds is 2. The molecule has 1 aromatic heterocycles. The Morgan fingerprint density at radius 1 is 1.10 bits per heavy atom. The molecule has 0 saturated carbocycles. The molecule has 0 spiro atoms. The Balaban J connectivity index is 2.41. The molecule has 2 rings (SSSR count). The number of hydrogen-bond donors (Lipinski definition) is 0. The zero-order valence-corrected chi connectivity index (χ0v) is 13.1. The second-order valence-corrected chi connectivity index (χ2v) is 6.11. The Labute approximate surface area is 119 Å². The van der Waals surface area contributed by atoms with Crippen LogP contribution in [-0.2, 0) is 14.0 Å². The lowest BCUT2D eigenvalue weighted by atomic mass is 9.76. The highest BCUT2D eigenvalue weighted by Crippen LogP contribution is 2.37. The lowest BCUT2D eigenvalue weighted by Crippen LogP contribution is -2.41. The Bertz CT molecular complexity index is 528. The van der Waals surface area contributed by atoms with Crippen LogP contribution in [0.5, 0.6) is 0 Å². The van der Waals surface area contributed by atoms with Crippen LogP contribution in [0, 0.1) is 13.8 Å². The van der Waals surface area contributed by atoms with Gasteiger partial charge in [0, 0.05) is 11.0 Å². The molecule has 1 aromatic rings. The van der Waals surface area contributed by atoms with Crippen molar-refractivity contribution in [2.24, 2.45) is 0 Å². The van der Waals surface area contributed by atoms with Crippen LogP contribution in [0.3, 0.4) is 0 Å². The molecule has 1 aliphatic rings. The maximum Gasteiger partial charge on any atom is 0.498 e. The Hall–Kier alpha value is -1.27. The minimum Gasteiger partial charge on any atom is -0.463 e. The second-order valence-electron chi connectivity index (χ2n) is 6.11. The van der Waals surface area contributed by atoms with E-state index in [9.17, 15) is 4.79 Å². The van der Waals surface area contributed by atoms with Gasteiger partial charge < -0.3 is 18.5 Å². The maximum atomic E-state index is 11.7. The van der Waals surface area contributed by atoms with Crippen LogP contribution in [0.4, 0.5) is 0 Å². The molecule has 5 nitrogen and oxygen atoms in total. The van der Waals surface area contributed by atoms with Crippen LogP contribution < -0.4 is 5.46 Å². The number of ether oxygens (including phenoxy) is 1. The van der Waals surface area contributed by atoms with Gasteiger partial charge >= 0.3 is 13.1 Å². The van der Waals surface area contributed by atoms with Crippen LogP contribution in [0.15, 0.2) is 4.42 Å². The summed E-state index contributed by atoms with van der Waals surface area (Å²) in [5.41, 5.74) is 0.607. The first-order valence-electron chi connectivity index (χ1n) is 6.64. The van der Waals surface area contributed by atoms with E-state index in [0.717, 1.165) is 5.46 Å². The van der Waals surface area contributed by atoms with E-state index in [1.54, 1.807) is 6.92 Å². The van der Waals surface area contributed by atoms with Crippen LogP contribution in [0.25, 0.3) is 0 Å². The molecule has 6 heteroatoms. The predicted octanol–water partition coefficient (Wildman–Crippen LogP) is 1.98. The molecule has 1 fully saturated rings. The molecular formula is C14H21BO5. The molecule has 0 aliphatic carbocycles. The summed E-state index contributed by atoms with van der Waals surface area (Å²) in [4.78, 5) is 11.7. The molecule has 2 heterocycles. The standard InChI is InChI=1S/C14H21BO5/c1-8-10(9(2)18-11(8)12(16)17-7)15-19-13(3,4)14(5,6)20-15/h1-7H3. The fourth-order valence-electron chi connectivity index (χ4n) is 2.26. The van der Waals surface area contributed by atoms with Crippen molar-refractivity contribution in [1.29, 1.82) is 0 Å². The average Bonchev–Trinajstić information content (AvgIpc) is 2.72. The average molecular weight is 280 g/mol. The summed E-state index contributed by atoms with van der Waals surface area (Å²) in [6.45, 7) is 11.5. The van der Waals surface area contributed by atoms with Crippen molar-refractivity contribution in [3.8, 4) is 0 Å². The van der Waals surface area contributed by atoms with E-state index in [1.807, 2.05) is 34.6 Å². The van der Waals surface area contributed by atoms with Crippen molar-refractivity contribution < 1.29 is 23.3 Å². The lowest BCUT2D eigenvalue weighted by molar-refractivity contribution is 0.00578. The van der Waals surface area contributed by atoms with Crippen molar-refractivity contribution in [3.05, 3.63) is 17.1 Å². The van der Waals surface area contributed by atoms with E-state index < -0.39 is 24.3 Å². The molecule has 1 saturated heterocycles. The number of carbonyl (C=O) groups excluding carboxylic acids is 1. The zero-order valence-electron chi connectivity index (χ0n) is 13.1. The monoisotopic (exact) mass is 280 g/mol. The van der Waals surface area contributed by atoms with Crippen molar-refractivity contribution in [2.75, 3.05) is 7.11 Å². The predicted molar refractivity (Wildman–Crippen MR) is 75.2 cm³/mol. The molecular weight excluding hydrogens is 259 g/mol. The van der Waals surface area contributed by atoms with Gasteiger partial charge in [-0.3, -0.25) is 0 Å². The van der Waals surface area contributed by atoms with Crippen LogP contribution >= 0.6 is 0 Å². The summed E-state index contributed by atoms with van der Waals surface area (Å²) in [6.07, 6.45) is 0. The van der Waals surface area contributed by atoms with Crippen molar-refractivity contribution >= 4 is 18.6 Å². The van der Waals surface area contributed by atoms with E-state index in [1.165, 1.54) is 7.11 Å². The van der Waals surface area contributed by atoms with Gasteiger partial charge in [-0.25, -0.2) is 4.79 Å². The SMILES string of the molecule is COC(=O)c1oc(C)c(B2OC(C)(C)C(C)(C)O2)c1C. The smallest absolute Gasteiger partial charge is 0.463 e. The fourth-order valence-corrected chi connectivity index (χ4v) is 2.26. The second kappa shape index (κ2) is 4.64. The first-order valence-corrected chi connectivity index (χ1v) is 6.64. The van der Waals surface area contributed by atoms with Gasteiger partial charge in [-0.05, 0) is 41.5 Å². The third kappa shape index (κ3) is 2.17. The van der Waals surface area contributed by atoms with Gasteiger partial charge in [-0.2, -0.15) is 0 Å². The minimum absolute atomic E-state index is 0.203. The summed E-state index contributed by atoms with van der Waals surface area (Å²) in [5.74, 6) is 0.324. The van der Waals surface area contributed by atoms with Crippen molar-refractivity contribution in [3.63, 3.8) is 0 Å². The summed E-state index contributed by atoms with van der Waals surface area (Å²) in [5, 5.41) is 0. The Kier molecular flexibility index (Phi) is 3.51. The van der Waals surface area contributed by atoms with Crippen LogP contribution in [0.1, 0.15) is 49.6 Å². The molecule has 0 unspecified atom stereocenters. The van der Waals surface area contributed by atoms with Crippen molar-refractivity contribution in [2.45, 2.75) is 52.7 Å². The van der Waals surface area contributed by atoms with Gasteiger partial charge in [0.2, 0.25) is 5.76 Å². The number of hydrogen-bond acceptors (Lipinski definition) is 5. The third-order valence-electron chi connectivity index (χ3n) is 4.24. The topological polar surface area (TPSA) is 57.9 Å². The molecule has 0 aromatic carbocycles. The first kappa shape index (κ1) is 15.1. The highest BCUT2D eigenvalue weighted by molar-refractivity contribution is 6.63. The number of carbonyl (C=O) groups is 1. The molecule has 20 heavy (non-hydrogen) atoms. The largest absolute Gasteiger partial charge is 0.498 e. The highest BCUT2D eigenvalue weighted by Gasteiger charge is 2.53. The quantitative estimate of drug-likeness (QED) is 0.612. The first-order chi connectivity index (χ1) is 9.10. The summed E-state index contributed by atoms with van der Waals surface area (Å²) >= 11 is 0. The molecule has 0 N–H and O–H groups in total. The minimum atomic E-state index is -0.540. The van der Waals surface area contributed by atoms with Gasteiger partial charge in [0.05, 0.1) is 18.3 Å². The Morgan fingerprint density at radius 3 is 2.05 bits per heavy atom. The molecule has 0 amide bonds. The molecule has 0 radical (unpaired) electrons. The van der Waals surface area contributed by atoms with Gasteiger partial charge in [-0.1, -0.05) is 0 Å². The third-order valence-corrected chi connectivity index (χ3v) is 4.24. The fraction of sp³-hybridized carbons (Fsp3) is 0.643. The van der Waals surface area contributed by atoms with E-state index in [4.69, 9.17) is 18.5 Å². The van der Waals surface area contributed by atoms with Crippen LogP contribution in [-0.4, -0.2) is 31.4 Å². The van der Waals surface area contributed by atoms with E-state index in [0.29, 0.717) is 11.3 Å². The molecule has 110 valence electrons. The number of aryl methyl sites for hydroxylation is 1. The number of furan rings is 1. The number of methoxy groups -OCH3 is 1. The maximum absolute atomic E-state index is 11.7. The van der Waals surface area contributed by atoms with E-state index in [-0.39, 0.29) is 5.76 Å². The zero-order chi connectivity index (χ0) is 15.3. The Morgan fingerprint density at radius 2 is 1.60 bits per heavy atom. The van der Waals surface area contributed by atoms with Gasteiger partial charge in [0.1, 0.15) is 5.76 Å². The summed E-state index contributed by atoms with van der Waals surface area (Å²) in [6, 6.07) is 0. The van der Waals surface area contributed by atoms with Crippen molar-refractivity contribution in [1.82, 2.24) is 0 Å². The van der Waals surface area contributed by atoms with E-state index in [2.05, 4.69) is 0 Å². The van der Waals surface area contributed by atoms with E-state index >= 15 is 0 Å². The van der Waals surface area contributed by atoms with Gasteiger partial charge in [0.25, 0.3) is 0 Å². The lowest BCUT2D eigenvalue weighted by Gasteiger charge is -2.32. The summed E-state index contributed by atoms with van der Waals surface area (Å²) in [7, 11) is 0.788. The highest BCUT2D eigenvalue weighted by atomic mass is 16.7. The summed E-state index contributed by atoms with van der Waals surface area (Å²) < 4.78 is 22.2. The molecule has 0 bridgehead atoms. The van der Waals surface area contributed by atoms with Gasteiger partial charge in [0.15, 0.2) is 0 Å². The molecule has 0 atom stereocenters. The van der Waals surface area contributed by atoms with Crippen LogP contribution in [0.2, 0.25) is 0 Å².